The maximum absolute atomic E-state index is 13.1. The van der Waals surface area contributed by atoms with Crippen molar-refractivity contribution in [1.29, 1.82) is 0 Å². The van der Waals surface area contributed by atoms with Gasteiger partial charge < -0.3 is 5.11 Å². The van der Waals surface area contributed by atoms with Gasteiger partial charge in [-0.15, -0.1) is 0 Å². The van der Waals surface area contributed by atoms with Crippen LogP contribution >= 0.6 is 0 Å². The molecular weight excluding hydrogens is 240 g/mol. The van der Waals surface area contributed by atoms with Crippen molar-refractivity contribution in [2.24, 2.45) is 0 Å². The number of benzene rings is 1. The Kier molecular flexibility index (Phi) is 3.91. The number of aliphatic carboxylic acids is 1. The summed E-state index contributed by atoms with van der Waals surface area (Å²) in [5.74, 6) is -3.07. The fourth-order valence-corrected chi connectivity index (χ4v) is 2.33. The molecule has 1 fully saturated rings. The van der Waals surface area contributed by atoms with Crippen LogP contribution in [0.25, 0.3) is 0 Å². The Balaban J connectivity index is 2.17. The number of hydrogen-bond donors (Lipinski definition) is 2. The molecule has 2 N–H and O–H groups in total. The molecule has 0 heterocycles. The molecule has 1 saturated carbocycles. The first-order chi connectivity index (χ1) is 8.58. The predicted octanol–water partition coefficient (Wildman–Crippen LogP) is 2.62. The lowest BCUT2D eigenvalue weighted by Crippen LogP contribution is -2.35. The Bertz CT molecular complexity index is 445. The molecule has 1 aliphatic rings. The third-order valence-corrected chi connectivity index (χ3v) is 3.28. The average Bonchev–Trinajstić information content (AvgIpc) is 2.82. The molecule has 0 saturated heterocycles. The number of hydrogen-bond acceptors (Lipinski definition) is 2. The van der Waals surface area contributed by atoms with Crippen molar-refractivity contribution in [2.75, 3.05) is 0 Å². The van der Waals surface area contributed by atoms with Crippen LogP contribution in [-0.4, -0.2) is 17.1 Å². The van der Waals surface area contributed by atoms with Gasteiger partial charge in [-0.3, -0.25) is 10.1 Å². The summed E-state index contributed by atoms with van der Waals surface area (Å²) in [5.41, 5.74) is 0.244. The average molecular weight is 255 g/mol. The minimum absolute atomic E-state index is 0.138. The van der Waals surface area contributed by atoms with Gasteiger partial charge in [0.05, 0.1) is 0 Å². The van der Waals surface area contributed by atoms with Crippen molar-refractivity contribution in [3.05, 3.63) is 35.4 Å². The first-order valence-corrected chi connectivity index (χ1v) is 6.01. The summed E-state index contributed by atoms with van der Waals surface area (Å²) in [6, 6.07) is 2.36. The second kappa shape index (κ2) is 5.44. The van der Waals surface area contributed by atoms with Gasteiger partial charge in [-0.1, -0.05) is 18.9 Å². The van der Waals surface area contributed by atoms with Gasteiger partial charge in [-0.25, -0.2) is 8.78 Å². The fourth-order valence-electron chi connectivity index (χ4n) is 2.33. The van der Waals surface area contributed by atoms with Gasteiger partial charge in [0.1, 0.15) is 6.04 Å². The highest BCUT2D eigenvalue weighted by Gasteiger charge is 2.25. The first kappa shape index (κ1) is 13.0. The Labute approximate surface area is 104 Å². The standard InChI is InChI=1S/C13H15F2NO2/c14-10-6-5-8(7-11(10)15)12(13(17)18)16-9-3-1-2-4-9/h5-7,9,12,16H,1-4H2,(H,17,18). The zero-order valence-corrected chi connectivity index (χ0v) is 9.83. The van der Waals surface area contributed by atoms with Gasteiger partial charge >= 0.3 is 5.97 Å². The molecule has 0 aromatic heterocycles. The van der Waals surface area contributed by atoms with E-state index >= 15 is 0 Å². The molecule has 0 bridgehead atoms. The van der Waals surface area contributed by atoms with E-state index in [9.17, 15) is 13.6 Å². The van der Waals surface area contributed by atoms with E-state index in [1.54, 1.807) is 0 Å². The van der Waals surface area contributed by atoms with Gasteiger partial charge in [0.15, 0.2) is 11.6 Å². The van der Waals surface area contributed by atoms with Gasteiger partial charge in [-0.2, -0.15) is 0 Å². The van der Waals surface area contributed by atoms with Crippen LogP contribution in [0, 0.1) is 11.6 Å². The van der Waals surface area contributed by atoms with Crippen LogP contribution in [0.2, 0.25) is 0 Å². The number of rotatable bonds is 4. The fraction of sp³-hybridized carbons (Fsp3) is 0.462. The van der Waals surface area contributed by atoms with Crippen molar-refractivity contribution in [1.82, 2.24) is 5.32 Å². The zero-order chi connectivity index (χ0) is 13.1. The van der Waals surface area contributed by atoms with Crippen LogP contribution < -0.4 is 5.32 Å². The summed E-state index contributed by atoms with van der Waals surface area (Å²) in [6.45, 7) is 0. The normalized spacial score (nSPS) is 17.9. The van der Waals surface area contributed by atoms with Crippen molar-refractivity contribution in [2.45, 2.75) is 37.8 Å². The lowest BCUT2D eigenvalue weighted by molar-refractivity contribution is -0.139. The van der Waals surface area contributed by atoms with E-state index < -0.39 is 23.6 Å². The molecule has 1 unspecified atom stereocenters. The van der Waals surface area contributed by atoms with Crippen molar-refractivity contribution >= 4 is 5.97 Å². The number of nitrogens with one attached hydrogen (secondary N) is 1. The SMILES string of the molecule is O=C(O)C(NC1CCCC1)c1ccc(F)c(F)c1. The molecule has 5 heteroatoms. The molecule has 98 valence electrons. The van der Waals surface area contributed by atoms with Crippen molar-refractivity contribution in [3.8, 4) is 0 Å². The summed E-state index contributed by atoms with van der Waals surface area (Å²) >= 11 is 0. The van der Waals surface area contributed by atoms with E-state index in [1.807, 2.05) is 0 Å². The highest BCUT2D eigenvalue weighted by molar-refractivity contribution is 5.75. The van der Waals surface area contributed by atoms with Crippen LogP contribution in [0.3, 0.4) is 0 Å². The molecule has 18 heavy (non-hydrogen) atoms. The van der Waals surface area contributed by atoms with Crippen LogP contribution in [0.1, 0.15) is 37.3 Å². The molecule has 3 nitrogen and oxygen atoms in total. The summed E-state index contributed by atoms with van der Waals surface area (Å²) in [4.78, 5) is 11.2. The van der Waals surface area contributed by atoms with Gasteiger partial charge in [0.25, 0.3) is 0 Å². The Morgan fingerprint density at radius 3 is 2.50 bits per heavy atom. The Morgan fingerprint density at radius 2 is 1.94 bits per heavy atom. The molecule has 1 aliphatic carbocycles. The van der Waals surface area contributed by atoms with E-state index in [0.717, 1.165) is 37.8 Å². The lowest BCUT2D eigenvalue weighted by Gasteiger charge is -2.19. The first-order valence-electron chi connectivity index (χ1n) is 6.01. The van der Waals surface area contributed by atoms with Crippen LogP contribution in [0.4, 0.5) is 8.78 Å². The molecule has 0 aliphatic heterocycles. The van der Waals surface area contributed by atoms with Crippen LogP contribution in [0.5, 0.6) is 0 Å². The summed E-state index contributed by atoms with van der Waals surface area (Å²) < 4.78 is 25.9. The minimum atomic E-state index is -1.08. The van der Waals surface area contributed by atoms with Crippen LogP contribution in [-0.2, 0) is 4.79 Å². The number of carboxylic acids is 1. The van der Waals surface area contributed by atoms with E-state index in [2.05, 4.69) is 5.32 Å². The smallest absolute Gasteiger partial charge is 0.325 e. The lowest BCUT2D eigenvalue weighted by atomic mass is 10.1. The van der Waals surface area contributed by atoms with E-state index in [4.69, 9.17) is 5.11 Å². The van der Waals surface area contributed by atoms with E-state index in [0.29, 0.717) is 0 Å². The second-order valence-corrected chi connectivity index (χ2v) is 4.59. The molecule has 2 rings (SSSR count). The van der Waals surface area contributed by atoms with Gasteiger partial charge in [-0.05, 0) is 30.5 Å². The van der Waals surface area contributed by atoms with Gasteiger partial charge in [0.2, 0.25) is 0 Å². The van der Waals surface area contributed by atoms with E-state index in [-0.39, 0.29) is 11.6 Å². The summed E-state index contributed by atoms with van der Waals surface area (Å²) in [5, 5.41) is 12.2. The van der Waals surface area contributed by atoms with Crippen LogP contribution in [0.15, 0.2) is 18.2 Å². The number of carbonyl (C=O) groups is 1. The Morgan fingerprint density at radius 1 is 1.28 bits per heavy atom. The number of halogens is 2. The van der Waals surface area contributed by atoms with Crippen molar-refractivity contribution < 1.29 is 18.7 Å². The predicted molar refractivity (Wildman–Crippen MR) is 62.1 cm³/mol. The monoisotopic (exact) mass is 255 g/mol. The minimum Gasteiger partial charge on any atom is -0.480 e. The summed E-state index contributed by atoms with van der Waals surface area (Å²) in [7, 11) is 0. The third kappa shape index (κ3) is 2.85. The largest absolute Gasteiger partial charge is 0.480 e. The molecular formula is C13H15F2NO2. The van der Waals surface area contributed by atoms with Crippen molar-refractivity contribution in [3.63, 3.8) is 0 Å². The van der Waals surface area contributed by atoms with E-state index in [1.165, 1.54) is 6.07 Å². The van der Waals surface area contributed by atoms with Gasteiger partial charge in [0, 0.05) is 6.04 Å². The second-order valence-electron chi connectivity index (χ2n) is 4.59. The molecule has 1 aromatic rings. The highest BCUT2D eigenvalue weighted by Crippen LogP contribution is 2.23. The molecule has 0 radical (unpaired) electrons. The maximum Gasteiger partial charge on any atom is 0.325 e. The topological polar surface area (TPSA) is 49.3 Å². The zero-order valence-electron chi connectivity index (χ0n) is 9.83. The molecule has 1 aromatic carbocycles. The summed E-state index contributed by atoms with van der Waals surface area (Å²) in [6.07, 6.45) is 3.99. The molecule has 0 spiro atoms. The third-order valence-electron chi connectivity index (χ3n) is 3.28. The highest BCUT2D eigenvalue weighted by atomic mass is 19.2. The quantitative estimate of drug-likeness (QED) is 0.869. The molecule has 1 atom stereocenters. The number of carboxylic acid groups (broad SMARTS) is 1. The Hall–Kier alpha value is -1.49. The maximum atomic E-state index is 13.1. The molecule has 0 amide bonds.